The molecule has 0 aliphatic heterocycles. The number of carbonyl (C=O) groups excluding carboxylic acids is 1. The number of aliphatic carboxylic acids is 1. The van der Waals surface area contributed by atoms with Crippen molar-refractivity contribution in [2.45, 2.75) is 31.8 Å². The van der Waals surface area contributed by atoms with Gasteiger partial charge >= 0.3 is 11.9 Å². The third-order valence-electron chi connectivity index (χ3n) is 2.24. The van der Waals surface area contributed by atoms with Crippen molar-refractivity contribution in [3.8, 4) is 0 Å². The van der Waals surface area contributed by atoms with Crippen molar-refractivity contribution < 1.29 is 36.3 Å². The highest BCUT2D eigenvalue weighted by molar-refractivity contribution is 7.80. The molecule has 0 saturated heterocycles. The Balaban J connectivity index is 0. The van der Waals surface area contributed by atoms with Crippen LogP contribution in [0.15, 0.2) is 0 Å². The van der Waals surface area contributed by atoms with E-state index in [0.717, 1.165) is 18.6 Å². The molecule has 0 heterocycles. The number of thiol groups is 1. The minimum absolute atomic E-state index is 0. The molecule has 0 aliphatic carbocycles. The minimum Gasteiger partial charge on any atom is -1.00 e. The summed E-state index contributed by atoms with van der Waals surface area (Å²) in [6.45, 7) is 0.491. The van der Waals surface area contributed by atoms with Crippen LogP contribution in [0.5, 0.6) is 0 Å². The van der Waals surface area contributed by atoms with Crippen molar-refractivity contribution in [1.82, 2.24) is 0 Å². The molecule has 19 heavy (non-hydrogen) atoms. The third kappa shape index (κ3) is 13.8. The van der Waals surface area contributed by atoms with Gasteiger partial charge in [-0.15, -0.1) is 0 Å². The van der Waals surface area contributed by atoms with Crippen molar-refractivity contribution in [1.29, 1.82) is 0 Å². The van der Waals surface area contributed by atoms with Gasteiger partial charge in [0.2, 0.25) is 0 Å². The summed E-state index contributed by atoms with van der Waals surface area (Å²) in [5.74, 6) is -0.529. The number of carbonyl (C=O) groups is 2. The Morgan fingerprint density at radius 2 is 1.84 bits per heavy atom. The van der Waals surface area contributed by atoms with Gasteiger partial charge in [-0.25, -0.2) is 0 Å². The molecular formula is C12H24ClNO4S. The van der Waals surface area contributed by atoms with Crippen molar-refractivity contribution >= 4 is 24.6 Å². The first kappa shape index (κ1) is 20.8. The summed E-state index contributed by atoms with van der Waals surface area (Å²) in [5, 5.41) is 8.80. The van der Waals surface area contributed by atoms with E-state index >= 15 is 0 Å². The molecule has 0 spiro atoms. The predicted octanol–water partition coefficient (Wildman–Crippen LogP) is -1.82. The van der Waals surface area contributed by atoms with Crippen LogP contribution in [0.3, 0.4) is 0 Å². The monoisotopic (exact) mass is 313 g/mol. The lowest BCUT2D eigenvalue weighted by Crippen LogP contribution is -3.00. The smallest absolute Gasteiger partial charge is 0.307 e. The molecule has 5 nitrogen and oxygen atoms in total. The van der Waals surface area contributed by atoms with E-state index in [4.69, 9.17) is 9.84 Å². The molecule has 0 aromatic carbocycles. The Morgan fingerprint density at radius 1 is 1.26 bits per heavy atom. The van der Waals surface area contributed by atoms with Gasteiger partial charge in [-0.1, -0.05) is 0 Å². The van der Waals surface area contributed by atoms with Crippen molar-refractivity contribution in [2.75, 3.05) is 33.4 Å². The molecule has 0 rings (SSSR count). The average molecular weight is 314 g/mol. The van der Waals surface area contributed by atoms with Crippen LogP contribution in [0.1, 0.15) is 25.7 Å². The second kappa shape index (κ2) is 10.3. The van der Waals surface area contributed by atoms with Gasteiger partial charge in [0, 0.05) is 6.42 Å². The van der Waals surface area contributed by atoms with E-state index in [2.05, 4.69) is 12.6 Å². The van der Waals surface area contributed by atoms with E-state index in [0.29, 0.717) is 17.4 Å². The Labute approximate surface area is 126 Å². The lowest BCUT2D eigenvalue weighted by atomic mass is 10.2. The number of hydrogen-bond acceptors (Lipinski definition) is 4. The van der Waals surface area contributed by atoms with Gasteiger partial charge in [0.1, 0.15) is 6.54 Å². The van der Waals surface area contributed by atoms with E-state index in [1.54, 1.807) is 0 Å². The van der Waals surface area contributed by atoms with Gasteiger partial charge in [-0.2, -0.15) is 12.6 Å². The van der Waals surface area contributed by atoms with Crippen molar-refractivity contribution in [2.24, 2.45) is 0 Å². The maximum Gasteiger partial charge on any atom is 0.307 e. The summed E-state index contributed by atoms with van der Waals surface area (Å²) in [6, 6.07) is 0. The van der Waals surface area contributed by atoms with Crippen molar-refractivity contribution in [3.63, 3.8) is 0 Å². The average Bonchev–Trinajstić information content (AvgIpc) is 2.13. The number of nitrogens with zero attached hydrogens (tertiary/aromatic N) is 1. The lowest BCUT2D eigenvalue weighted by Gasteiger charge is -2.28. The van der Waals surface area contributed by atoms with Gasteiger partial charge in [0.05, 0.1) is 27.6 Å². The fourth-order valence-electron chi connectivity index (χ4n) is 1.58. The number of carboxylic acid groups (broad SMARTS) is 1. The summed E-state index contributed by atoms with van der Waals surface area (Å²) >= 11 is 4.06. The number of carboxylic acids is 1. The summed E-state index contributed by atoms with van der Waals surface area (Å²) in [7, 11) is 5.80. The zero-order valence-electron chi connectivity index (χ0n) is 11.8. The molecule has 0 aromatic rings. The molecule has 0 radical (unpaired) electrons. The van der Waals surface area contributed by atoms with E-state index in [1.165, 1.54) is 0 Å². The number of unbranched alkanes of at least 4 members (excludes halogenated alkanes) is 1. The van der Waals surface area contributed by atoms with Crippen molar-refractivity contribution in [3.05, 3.63) is 0 Å². The number of halogens is 1. The third-order valence-corrected chi connectivity index (χ3v) is 2.56. The maximum atomic E-state index is 11.5. The zero-order chi connectivity index (χ0) is 14.2. The molecule has 0 amide bonds. The quantitative estimate of drug-likeness (QED) is 0.228. The van der Waals surface area contributed by atoms with Gasteiger partial charge in [-0.3, -0.25) is 9.59 Å². The second-order valence-electron chi connectivity index (χ2n) is 5.36. The maximum absolute atomic E-state index is 11.5. The van der Waals surface area contributed by atoms with E-state index in [-0.39, 0.29) is 24.8 Å². The van der Waals surface area contributed by atoms with Crippen LogP contribution in [0, 0.1) is 0 Å². The van der Waals surface area contributed by atoms with Crippen LogP contribution in [0.2, 0.25) is 0 Å². The SMILES string of the molecule is C[N+](C)(C)C[C@@H](CC(=O)O)OC(=O)CCCCS.[Cl-]. The van der Waals surface area contributed by atoms with Gasteiger partial charge in [0.15, 0.2) is 6.10 Å². The standard InChI is InChI=1S/C12H23NO4S.ClH/c1-13(2,3)9-10(8-11(14)15)17-12(16)6-4-5-7-18;/h10H,4-9H2,1-3H3,(H-,14,15,18);1H/t10-;/m1./s1. The highest BCUT2D eigenvalue weighted by atomic mass is 35.5. The second-order valence-corrected chi connectivity index (χ2v) is 5.81. The summed E-state index contributed by atoms with van der Waals surface area (Å²) in [6.07, 6.45) is 1.21. The fraction of sp³-hybridized carbons (Fsp3) is 0.833. The largest absolute Gasteiger partial charge is 1.00 e. The van der Waals surface area contributed by atoms with Crippen LogP contribution in [-0.4, -0.2) is 61.1 Å². The number of quaternary nitrogens is 1. The Bertz CT molecular complexity index is 281. The highest BCUT2D eigenvalue weighted by Crippen LogP contribution is 2.08. The number of esters is 1. The summed E-state index contributed by atoms with van der Waals surface area (Å²) in [5.41, 5.74) is 0. The molecular weight excluding hydrogens is 290 g/mol. The first-order chi connectivity index (χ1) is 8.24. The van der Waals surface area contributed by atoms with Gasteiger partial charge in [0.25, 0.3) is 0 Å². The van der Waals surface area contributed by atoms with Gasteiger partial charge < -0.3 is 26.7 Å². The number of likely N-dealkylation sites (N-methyl/N-ethyl adjacent to an activating group) is 1. The summed E-state index contributed by atoms with van der Waals surface area (Å²) in [4.78, 5) is 22.3. The highest BCUT2D eigenvalue weighted by Gasteiger charge is 2.24. The normalized spacial score (nSPS) is 12.4. The molecule has 0 saturated carbocycles. The van der Waals surface area contributed by atoms with Crippen LogP contribution < -0.4 is 12.4 Å². The van der Waals surface area contributed by atoms with E-state index in [1.807, 2.05) is 21.1 Å². The molecule has 0 aliphatic rings. The van der Waals surface area contributed by atoms with Crippen LogP contribution in [0.4, 0.5) is 0 Å². The van der Waals surface area contributed by atoms with E-state index in [9.17, 15) is 9.59 Å². The first-order valence-electron chi connectivity index (χ1n) is 6.07. The molecule has 7 heteroatoms. The molecule has 0 bridgehead atoms. The Morgan fingerprint density at radius 3 is 2.26 bits per heavy atom. The van der Waals surface area contributed by atoms with Gasteiger partial charge in [-0.05, 0) is 18.6 Å². The summed E-state index contributed by atoms with van der Waals surface area (Å²) < 4.78 is 5.78. The fourth-order valence-corrected chi connectivity index (χ4v) is 1.80. The number of hydrogen-bond donors (Lipinski definition) is 2. The number of ether oxygens (including phenoxy) is 1. The van der Waals surface area contributed by atoms with E-state index < -0.39 is 12.1 Å². The topological polar surface area (TPSA) is 63.6 Å². The van der Waals surface area contributed by atoms with Crippen LogP contribution >= 0.6 is 12.6 Å². The molecule has 0 unspecified atom stereocenters. The first-order valence-corrected chi connectivity index (χ1v) is 6.70. The molecule has 1 N–H and O–H groups in total. The molecule has 0 fully saturated rings. The Kier molecular flexibility index (Phi) is 11.3. The molecule has 0 aromatic heterocycles. The lowest BCUT2D eigenvalue weighted by molar-refractivity contribution is -0.873. The Hall–Kier alpha value is -0.460. The number of rotatable bonds is 9. The minimum atomic E-state index is -0.948. The molecule has 114 valence electrons. The van der Waals surface area contributed by atoms with Crippen LogP contribution in [0.25, 0.3) is 0 Å². The zero-order valence-corrected chi connectivity index (χ0v) is 13.4. The molecule has 1 atom stereocenters. The van der Waals surface area contributed by atoms with Crippen LogP contribution in [-0.2, 0) is 14.3 Å². The predicted molar refractivity (Wildman–Crippen MR) is 72.7 cm³/mol.